The van der Waals surface area contributed by atoms with Crippen molar-refractivity contribution in [2.75, 3.05) is 42.4 Å². The summed E-state index contributed by atoms with van der Waals surface area (Å²) in [6.07, 6.45) is 0.710. The van der Waals surface area contributed by atoms with E-state index in [2.05, 4.69) is 10.6 Å². The number of carbonyl (C=O) groups excluding carboxylic acids is 1. The van der Waals surface area contributed by atoms with Crippen molar-refractivity contribution in [2.45, 2.75) is 0 Å². The van der Waals surface area contributed by atoms with Crippen LogP contribution in [0.15, 0.2) is 48.5 Å². The van der Waals surface area contributed by atoms with Crippen molar-refractivity contribution in [1.82, 2.24) is 0 Å². The standard InChI is InChI=1S/C24H24F2N6O/c1-30-20-11-18(25)21(22(26)17(20)12-27)24(33)31-14-6-9-19(28)16(10-14)23(29)13-4-7-15(8-5-13)32(2)3/h4-12,27,29-30H,28H2,1-3H3,(H,31,33). The molecule has 6 N–H and O–H groups in total. The normalized spacial score (nSPS) is 10.5. The Balaban J connectivity index is 1.92. The number of nitrogens with two attached hydrogens (primary N) is 1. The van der Waals surface area contributed by atoms with Gasteiger partial charge in [0.25, 0.3) is 5.91 Å². The average Bonchev–Trinajstić information content (AvgIpc) is 2.79. The predicted molar refractivity (Wildman–Crippen MR) is 129 cm³/mol. The first-order valence-electron chi connectivity index (χ1n) is 9.95. The van der Waals surface area contributed by atoms with E-state index in [0.29, 0.717) is 23.0 Å². The summed E-state index contributed by atoms with van der Waals surface area (Å²) < 4.78 is 29.2. The van der Waals surface area contributed by atoms with Gasteiger partial charge in [0, 0.05) is 61.2 Å². The lowest BCUT2D eigenvalue weighted by molar-refractivity contribution is 0.101. The second-order valence-corrected chi connectivity index (χ2v) is 7.48. The van der Waals surface area contributed by atoms with Crippen LogP contribution in [-0.2, 0) is 0 Å². The van der Waals surface area contributed by atoms with Crippen molar-refractivity contribution in [1.29, 1.82) is 10.8 Å². The Morgan fingerprint density at radius 1 is 1.09 bits per heavy atom. The number of nitrogen functional groups attached to an aromatic ring is 1. The number of carbonyl (C=O) groups is 1. The number of anilines is 4. The molecule has 33 heavy (non-hydrogen) atoms. The summed E-state index contributed by atoms with van der Waals surface area (Å²) in [5.74, 6) is -3.23. The molecule has 3 aromatic carbocycles. The van der Waals surface area contributed by atoms with Gasteiger partial charge in [-0.1, -0.05) is 12.1 Å². The van der Waals surface area contributed by atoms with Crippen LogP contribution in [-0.4, -0.2) is 39.0 Å². The Labute approximate surface area is 190 Å². The lowest BCUT2D eigenvalue weighted by Gasteiger charge is -2.15. The molecule has 0 atom stereocenters. The average molecular weight is 450 g/mol. The van der Waals surface area contributed by atoms with Crippen molar-refractivity contribution < 1.29 is 13.6 Å². The molecule has 0 aliphatic heterocycles. The van der Waals surface area contributed by atoms with Crippen LogP contribution in [0, 0.1) is 22.5 Å². The number of nitrogens with one attached hydrogen (secondary N) is 4. The fourth-order valence-corrected chi connectivity index (χ4v) is 3.32. The van der Waals surface area contributed by atoms with Gasteiger partial charge in [0.2, 0.25) is 0 Å². The van der Waals surface area contributed by atoms with Gasteiger partial charge in [0.1, 0.15) is 17.2 Å². The second-order valence-electron chi connectivity index (χ2n) is 7.48. The molecule has 0 fully saturated rings. The van der Waals surface area contributed by atoms with Gasteiger partial charge in [0.05, 0.1) is 11.3 Å². The molecule has 9 heteroatoms. The summed E-state index contributed by atoms with van der Waals surface area (Å²) in [6, 6.07) is 12.7. The minimum atomic E-state index is -1.14. The molecule has 0 saturated carbocycles. The predicted octanol–water partition coefficient (Wildman–Crippen LogP) is 4.32. The molecule has 0 aliphatic carbocycles. The highest BCUT2D eigenvalue weighted by molar-refractivity contribution is 6.15. The van der Waals surface area contributed by atoms with Gasteiger partial charge in [-0.15, -0.1) is 0 Å². The Hall–Kier alpha value is -4.27. The minimum Gasteiger partial charge on any atom is -0.398 e. The van der Waals surface area contributed by atoms with E-state index in [1.54, 1.807) is 12.1 Å². The maximum atomic E-state index is 14.8. The van der Waals surface area contributed by atoms with Crippen LogP contribution in [0.3, 0.4) is 0 Å². The number of amides is 1. The highest BCUT2D eigenvalue weighted by Gasteiger charge is 2.23. The van der Waals surface area contributed by atoms with Crippen molar-refractivity contribution in [2.24, 2.45) is 0 Å². The fourth-order valence-electron chi connectivity index (χ4n) is 3.32. The lowest BCUT2D eigenvalue weighted by Crippen LogP contribution is -2.18. The smallest absolute Gasteiger partial charge is 0.261 e. The molecule has 0 heterocycles. The van der Waals surface area contributed by atoms with Crippen molar-refractivity contribution in [3.63, 3.8) is 0 Å². The Bertz CT molecular complexity index is 1240. The van der Waals surface area contributed by atoms with E-state index >= 15 is 0 Å². The molecule has 0 aliphatic rings. The first kappa shape index (κ1) is 23.4. The highest BCUT2D eigenvalue weighted by Crippen LogP contribution is 2.26. The Kier molecular flexibility index (Phi) is 6.72. The van der Waals surface area contributed by atoms with Gasteiger partial charge < -0.3 is 26.7 Å². The zero-order chi connectivity index (χ0) is 24.3. The molecule has 0 unspecified atom stereocenters. The van der Waals surface area contributed by atoms with E-state index in [0.717, 1.165) is 11.8 Å². The molecule has 1 amide bonds. The van der Waals surface area contributed by atoms with Crippen LogP contribution in [0.5, 0.6) is 0 Å². The number of halogens is 2. The van der Waals surface area contributed by atoms with E-state index in [4.69, 9.17) is 16.6 Å². The minimum absolute atomic E-state index is 0.0556. The Morgan fingerprint density at radius 3 is 2.33 bits per heavy atom. The lowest BCUT2D eigenvalue weighted by atomic mass is 9.99. The first-order chi connectivity index (χ1) is 15.7. The zero-order valence-electron chi connectivity index (χ0n) is 18.4. The summed E-state index contributed by atoms with van der Waals surface area (Å²) in [5, 5.41) is 21.0. The van der Waals surface area contributed by atoms with Crippen LogP contribution in [0.25, 0.3) is 0 Å². The van der Waals surface area contributed by atoms with E-state index in [1.165, 1.54) is 25.2 Å². The number of hydrogen-bond donors (Lipinski definition) is 5. The highest BCUT2D eigenvalue weighted by atomic mass is 19.1. The molecule has 3 aromatic rings. The molecule has 7 nitrogen and oxygen atoms in total. The molecular formula is C24H24F2N6O. The third-order valence-electron chi connectivity index (χ3n) is 5.15. The van der Waals surface area contributed by atoms with Crippen molar-refractivity contribution in [3.05, 3.63) is 82.4 Å². The zero-order valence-corrected chi connectivity index (χ0v) is 18.4. The maximum absolute atomic E-state index is 14.8. The molecule has 0 aromatic heterocycles. The summed E-state index contributed by atoms with van der Waals surface area (Å²) in [6.45, 7) is 0. The summed E-state index contributed by atoms with van der Waals surface area (Å²) in [5.41, 5.74) is 7.68. The topological polar surface area (TPSA) is 118 Å². The fraction of sp³-hybridized carbons (Fsp3) is 0.125. The van der Waals surface area contributed by atoms with Crippen LogP contribution < -0.4 is 21.3 Å². The van der Waals surface area contributed by atoms with Gasteiger partial charge in [-0.25, -0.2) is 8.78 Å². The number of nitrogens with zero attached hydrogens (tertiary/aromatic N) is 1. The molecule has 170 valence electrons. The molecular weight excluding hydrogens is 426 g/mol. The molecule has 0 bridgehead atoms. The van der Waals surface area contributed by atoms with Crippen LogP contribution in [0.1, 0.15) is 27.0 Å². The number of benzene rings is 3. The third kappa shape index (κ3) is 4.67. The van der Waals surface area contributed by atoms with E-state index in [-0.39, 0.29) is 22.6 Å². The van der Waals surface area contributed by atoms with Crippen LogP contribution in [0.2, 0.25) is 0 Å². The summed E-state index contributed by atoms with van der Waals surface area (Å²) in [4.78, 5) is 14.6. The van der Waals surface area contributed by atoms with E-state index < -0.39 is 23.1 Å². The largest absolute Gasteiger partial charge is 0.398 e. The monoisotopic (exact) mass is 450 g/mol. The quantitative estimate of drug-likeness (QED) is 0.272. The molecule has 0 radical (unpaired) electrons. The molecule has 0 saturated heterocycles. The first-order valence-corrected chi connectivity index (χ1v) is 9.95. The van der Waals surface area contributed by atoms with Gasteiger partial charge >= 0.3 is 0 Å². The summed E-state index contributed by atoms with van der Waals surface area (Å²) >= 11 is 0. The molecule has 3 rings (SSSR count). The molecule has 0 spiro atoms. The second kappa shape index (κ2) is 9.47. The summed E-state index contributed by atoms with van der Waals surface area (Å²) in [7, 11) is 5.28. The Morgan fingerprint density at radius 2 is 1.76 bits per heavy atom. The van der Waals surface area contributed by atoms with Gasteiger partial charge in [-0.2, -0.15) is 0 Å². The third-order valence-corrected chi connectivity index (χ3v) is 5.15. The van der Waals surface area contributed by atoms with Gasteiger partial charge in [0.15, 0.2) is 0 Å². The van der Waals surface area contributed by atoms with E-state index in [9.17, 15) is 13.6 Å². The van der Waals surface area contributed by atoms with Crippen LogP contribution >= 0.6 is 0 Å². The van der Waals surface area contributed by atoms with Crippen molar-refractivity contribution >= 4 is 40.6 Å². The van der Waals surface area contributed by atoms with Crippen molar-refractivity contribution in [3.8, 4) is 0 Å². The maximum Gasteiger partial charge on any atom is 0.261 e. The number of hydrogen-bond acceptors (Lipinski definition) is 6. The number of rotatable bonds is 7. The SMILES string of the molecule is CNc1cc(F)c(C(=O)Nc2ccc(N)c(C(=N)c3ccc(N(C)C)cc3)c2)c(F)c1C=N. The van der Waals surface area contributed by atoms with Crippen LogP contribution in [0.4, 0.5) is 31.5 Å². The van der Waals surface area contributed by atoms with Gasteiger partial charge in [-0.05, 0) is 36.4 Å². The van der Waals surface area contributed by atoms with E-state index in [1.807, 2.05) is 31.1 Å². The van der Waals surface area contributed by atoms with Gasteiger partial charge in [-0.3, -0.25) is 10.2 Å².